The van der Waals surface area contributed by atoms with Gasteiger partial charge in [0.05, 0.1) is 5.92 Å². The first-order valence-electron chi connectivity index (χ1n) is 9.54. The van der Waals surface area contributed by atoms with E-state index in [0.717, 1.165) is 25.1 Å². The fourth-order valence-electron chi connectivity index (χ4n) is 3.16. The summed E-state index contributed by atoms with van der Waals surface area (Å²) in [7, 11) is 2.04. The molecule has 1 fully saturated rings. The molecule has 0 spiro atoms. The molecule has 0 radical (unpaired) electrons. The zero-order valence-corrected chi connectivity index (χ0v) is 16.7. The van der Waals surface area contributed by atoms with Gasteiger partial charge in [-0.2, -0.15) is 0 Å². The largest absolute Gasteiger partial charge is 0.452 e. The van der Waals surface area contributed by atoms with Gasteiger partial charge < -0.3 is 14.5 Å². The summed E-state index contributed by atoms with van der Waals surface area (Å²) in [6.07, 6.45) is 0.281. The van der Waals surface area contributed by atoms with E-state index < -0.39 is 6.10 Å². The van der Waals surface area contributed by atoms with Crippen LogP contribution in [0.1, 0.15) is 44.7 Å². The van der Waals surface area contributed by atoms with Crippen LogP contribution < -0.4 is 0 Å². The zero-order chi connectivity index (χ0) is 19.3. The van der Waals surface area contributed by atoms with Crippen molar-refractivity contribution in [2.75, 3.05) is 33.2 Å². The lowest BCUT2D eigenvalue weighted by atomic mass is 9.97. The molecule has 1 aromatic carbocycles. The second-order valence-electron chi connectivity index (χ2n) is 7.77. The Kier molecular flexibility index (Phi) is 7.21. The van der Waals surface area contributed by atoms with E-state index in [1.54, 1.807) is 11.8 Å². The van der Waals surface area contributed by atoms with Gasteiger partial charge >= 0.3 is 5.97 Å². The first-order chi connectivity index (χ1) is 12.3. The molecule has 1 amide bonds. The van der Waals surface area contributed by atoms with E-state index in [0.29, 0.717) is 19.0 Å². The van der Waals surface area contributed by atoms with Crippen LogP contribution in [0.5, 0.6) is 0 Å². The lowest BCUT2D eigenvalue weighted by molar-refractivity contribution is -0.160. The fourth-order valence-corrected chi connectivity index (χ4v) is 3.16. The molecule has 1 saturated heterocycles. The summed E-state index contributed by atoms with van der Waals surface area (Å²) in [4.78, 5) is 28.9. The molecule has 5 heteroatoms. The highest BCUT2D eigenvalue weighted by Gasteiger charge is 2.28. The molecule has 0 aromatic heterocycles. The molecule has 144 valence electrons. The average molecular weight is 360 g/mol. The minimum Gasteiger partial charge on any atom is -0.452 e. The van der Waals surface area contributed by atoms with Crippen molar-refractivity contribution in [1.82, 2.24) is 9.80 Å². The number of carbonyl (C=O) groups excluding carboxylic acids is 2. The van der Waals surface area contributed by atoms with Crippen LogP contribution in [-0.2, 0) is 20.7 Å². The Morgan fingerprint density at radius 2 is 1.58 bits per heavy atom. The Morgan fingerprint density at radius 1 is 1.00 bits per heavy atom. The van der Waals surface area contributed by atoms with Crippen molar-refractivity contribution in [3.63, 3.8) is 0 Å². The fraction of sp³-hybridized carbons (Fsp3) is 0.619. The number of hydrogen-bond donors (Lipinski definition) is 0. The number of benzene rings is 1. The van der Waals surface area contributed by atoms with Crippen LogP contribution in [0, 0.1) is 5.92 Å². The van der Waals surface area contributed by atoms with Crippen molar-refractivity contribution in [3.05, 3.63) is 35.4 Å². The van der Waals surface area contributed by atoms with Gasteiger partial charge in [-0.1, -0.05) is 38.1 Å². The lowest BCUT2D eigenvalue weighted by Crippen LogP contribution is -2.50. The predicted octanol–water partition coefficient (Wildman–Crippen LogP) is 2.69. The van der Waals surface area contributed by atoms with Gasteiger partial charge in [0.2, 0.25) is 0 Å². The van der Waals surface area contributed by atoms with E-state index in [1.807, 2.05) is 26.1 Å². The number of ether oxygens (including phenoxy) is 1. The Hall–Kier alpha value is -1.88. The van der Waals surface area contributed by atoms with Gasteiger partial charge in [-0.25, -0.2) is 0 Å². The highest BCUT2D eigenvalue weighted by atomic mass is 16.5. The van der Waals surface area contributed by atoms with E-state index in [4.69, 9.17) is 4.74 Å². The standard InChI is InChI=1S/C21H32N2O3/c1-15(2)14-18-6-8-19(9-7-18)16(3)21(25)26-17(4)20(24)23-12-10-22(5)11-13-23/h6-9,15-17H,10-14H2,1-5H3/t16-,17-/m0/s1. The maximum atomic E-state index is 12.5. The molecule has 1 aliphatic heterocycles. The van der Waals surface area contributed by atoms with Crippen LogP contribution in [-0.4, -0.2) is 61.0 Å². The summed E-state index contributed by atoms with van der Waals surface area (Å²) in [6, 6.07) is 8.10. The molecular weight excluding hydrogens is 328 g/mol. The van der Waals surface area contributed by atoms with Crippen LogP contribution in [0.2, 0.25) is 0 Å². The van der Waals surface area contributed by atoms with Crippen LogP contribution >= 0.6 is 0 Å². The maximum Gasteiger partial charge on any atom is 0.313 e. The third-order valence-corrected chi connectivity index (χ3v) is 4.93. The summed E-state index contributed by atoms with van der Waals surface area (Å²) in [6.45, 7) is 10.9. The highest BCUT2D eigenvalue weighted by Crippen LogP contribution is 2.20. The summed E-state index contributed by atoms with van der Waals surface area (Å²) >= 11 is 0. The van der Waals surface area contributed by atoms with Gasteiger partial charge in [0.25, 0.3) is 5.91 Å². The van der Waals surface area contributed by atoms with Crippen molar-refractivity contribution >= 4 is 11.9 Å². The first kappa shape index (κ1) is 20.4. The molecule has 0 bridgehead atoms. The second-order valence-corrected chi connectivity index (χ2v) is 7.77. The normalized spacial score (nSPS) is 17.8. The van der Waals surface area contributed by atoms with Gasteiger partial charge in [-0.3, -0.25) is 9.59 Å². The highest BCUT2D eigenvalue weighted by molar-refractivity contribution is 5.85. The second kappa shape index (κ2) is 9.17. The Balaban J connectivity index is 1.90. The molecule has 1 aliphatic rings. The van der Waals surface area contributed by atoms with Crippen LogP contribution in [0.25, 0.3) is 0 Å². The predicted molar refractivity (Wildman–Crippen MR) is 103 cm³/mol. The molecular formula is C21H32N2O3. The number of rotatable bonds is 6. The van der Waals surface area contributed by atoms with Crippen molar-refractivity contribution < 1.29 is 14.3 Å². The van der Waals surface area contributed by atoms with E-state index in [-0.39, 0.29) is 17.8 Å². The average Bonchev–Trinajstić information content (AvgIpc) is 2.61. The Bertz CT molecular complexity index is 604. The summed E-state index contributed by atoms with van der Waals surface area (Å²) < 4.78 is 5.46. The van der Waals surface area contributed by atoms with Crippen LogP contribution in [0.15, 0.2) is 24.3 Å². The molecule has 2 atom stereocenters. The Morgan fingerprint density at radius 3 is 2.12 bits per heavy atom. The number of esters is 1. The maximum absolute atomic E-state index is 12.5. The van der Waals surface area contributed by atoms with Gasteiger partial charge in [-0.05, 0) is 44.4 Å². The number of carbonyl (C=O) groups is 2. The SMILES string of the molecule is CC(C)Cc1ccc([C@H](C)C(=O)O[C@@H](C)C(=O)N2CCN(C)CC2)cc1. The summed E-state index contributed by atoms with van der Waals surface area (Å²) in [5, 5.41) is 0. The molecule has 2 rings (SSSR count). The minimum atomic E-state index is -0.742. The van der Waals surface area contributed by atoms with E-state index >= 15 is 0 Å². The summed E-state index contributed by atoms with van der Waals surface area (Å²) in [5.74, 6) is -0.238. The van der Waals surface area contributed by atoms with Crippen molar-refractivity contribution in [2.45, 2.75) is 46.1 Å². The van der Waals surface area contributed by atoms with Gasteiger partial charge in [0.1, 0.15) is 0 Å². The quantitative estimate of drug-likeness (QED) is 0.732. The number of amides is 1. The number of piperazine rings is 1. The zero-order valence-electron chi connectivity index (χ0n) is 16.7. The van der Waals surface area contributed by atoms with E-state index in [9.17, 15) is 9.59 Å². The minimum absolute atomic E-state index is 0.106. The topological polar surface area (TPSA) is 49.9 Å². The molecule has 0 aliphatic carbocycles. The smallest absolute Gasteiger partial charge is 0.313 e. The number of nitrogens with zero attached hydrogens (tertiary/aromatic N) is 2. The third kappa shape index (κ3) is 5.56. The van der Waals surface area contributed by atoms with E-state index in [2.05, 4.69) is 30.9 Å². The van der Waals surface area contributed by atoms with Crippen LogP contribution in [0.4, 0.5) is 0 Å². The molecule has 1 heterocycles. The van der Waals surface area contributed by atoms with Crippen molar-refractivity contribution in [2.24, 2.45) is 5.92 Å². The third-order valence-electron chi connectivity index (χ3n) is 4.93. The van der Waals surface area contributed by atoms with E-state index in [1.165, 1.54) is 5.56 Å². The van der Waals surface area contributed by atoms with Crippen LogP contribution in [0.3, 0.4) is 0 Å². The lowest BCUT2D eigenvalue weighted by Gasteiger charge is -2.33. The molecule has 5 nitrogen and oxygen atoms in total. The molecule has 1 aromatic rings. The van der Waals surface area contributed by atoms with Crippen molar-refractivity contribution in [1.29, 1.82) is 0 Å². The van der Waals surface area contributed by atoms with Crippen molar-refractivity contribution in [3.8, 4) is 0 Å². The Labute approximate surface area is 157 Å². The molecule has 26 heavy (non-hydrogen) atoms. The number of likely N-dealkylation sites (N-methyl/N-ethyl adjacent to an activating group) is 1. The summed E-state index contributed by atoms with van der Waals surface area (Å²) in [5.41, 5.74) is 2.18. The van der Waals surface area contributed by atoms with Gasteiger partial charge in [-0.15, -0.1) is 0 Å². The monoisotopic (exact) mass is 360 g/mol. The molecule has 0 unspecified atom stereocenters. The number of hydrogen-bond acceptors (Lipinski definition) is 4. The van der Waals surface area contributed by atoms with Gasteiger partial charge in [0, 0.05) is 26.2 Å². The molecule has 0 N–H and O–H groups in total. The van der Waals surface area contributed by atoms with Gasteiger partial charge in [0.15, 0.2) is 6.10 Å². The molecule has 0 saturated carbocycles. The first-order valence-corrected chi connectivity index (χ1v) is 9.54.